The average Bonchev–Trinajstić information content (AvgIpc) is 3.94. The Balaban J connectivity index is 1.23. The van der Waals surface area contributed by atoms with Gasteiger partial charge in [-0.05, 0) is 69.3 Å². The van der Waals surface area contributed by atoms with Gasteiger partial charge >= 0.3 is 0 Å². The van der Waals surface area contributed by atoms with Crippen molar-refractivity contribution in [3.63, 3.8) is 0 Å². The van der Waals surface area contributed by atoms with E-state index in [1.54, 1.807) is 0 Å². The van der Waals surface area contributed by atoms with Crippen molar-refractivity contribution in [2.45, 2.75) is 5.41 Å². The van der Waals surface area contributed by atoms with Crippen molar-refractivity contribution in [3.8, 4) is 22.3 Å². The van der Waals surface area contributed by atoms with Gasteiger partial charge in [-0.2, -0.15) is 0 Å². The van der Waals surface area contributed by atoms with E-state index in [4.69, 9.17) is 8.83 Å². The fraction of sp³-hybridized carbons (Fsp3) is 0.0204. The summed E-state index contributed by atoms with van der Waals surface area (Å²) in [6.07, 6.45) is 0. The SMILES string of the molecule is c1ccc2c(c1)-c1ccccc1C21c2ccccc2-c2c(N(c3cccc4c3oc3ccccc34)c3cccc4c3oc3ccccc34)cccc21. The molecule has 0 atom stereocenters. The molecule has 0 aliphatic heterocycles. The predicted octanol–water partition coefficient (Wildman–Crippen LogP) is 13.3. The van der Waals surface area contributed by atoms with E-state index in [1.807, 2.05) is 12.1 Å². The molecule has 242 valence electrons. The number of nitrogens with zero attached hydrogens (tertiary/aromatic N) is 1. The number of rotatable bonds is 3. The second-order valence-corrected chi connectivity index (χ2v) is 13.9. The van der Waals surface area contributed by atoms with E-state index < -0.39 is 5.41 Å². The van der Waals surface area contributed by atoms with Gasteiger partial charge in [-0.3, -0.25) is 0 Å². The van der Waals surface area contributed by atoms with Crippen LogP contribution in [0.25, 0.3) is 66.1 Å². The summed E-state index contributed by atoms with van der Waals surface area (Å²) >= 11 is 0. The van der Waals surface area contributed by atoms with Crippen molar-refractivity contribution in [2.75, 3.05) is 4.90 Å². The molecule has 12 rings (SSSR count). The maximum Gasteiger partial charge on any atom is 0.159 e. The molecule has 8 aromatic carbocycles. The summed E-state index contributed by atoms with van der Waals surface area (Å²) < 4.78 is 13.6. The minimum atomic E-state index is -0.461. The first-order chi connectivity index (χ1) is 25.8. The Labute approximate surface area is 299 Å². The highest BCUT2D eigenvalue weighted by Crippen LogP contribution is 2.65. The summed E-state index contributed by atoms with van der Waals surface area (Å²) in [6.45, 7) is 0. The van der Waals surface area contributed by atoms with Crippen LogP contribution in [-0.2, 0) is 5.41 Å². The van der Waals surface area contributed by atoms with Crippen molar-refractivity contribution in [1.82, 2.24) is 0 Å². The Morgan fingerprint density at radius 2 is 0.731 bits per heavy atom. The van der Waals surface area contributed by atoms with E-state index in [-0.39, 0.29) is 0 Å². The van der Waals surface area contributed by atoms with Crippen molar-refractivity contribution in [1.29, 1.82) is 0 Å². The first kappa shape index (κ1) is 27.9. The van der Waals surface area contributed by atoms with Crippen LogP contribution in [0, 0.1) is 0 Å². The van der Waals surface area contributed by atoms with Crippen LogP contribution in [0.3, 0.4) is 0 Å². The van der Waals surface area contributed by atoms with Crippen LogP contribution in [0.2, 0.25) is 0 Å². The van der Waals surface area contributed by atoms with Gasteiger partial charge in [-0.1, -0.05) is 146 Å². The monoisotopic (exact) mass is 663 g/mol. The van der Waals surface area contributed by atoms with Gasteiger partial charge in [-0.25, -0.2) is 0 Å². The first-order valence-corrected chi connectivity index (χ1v) is 17.9. The van der Waals surface area contributed by atoms with E-state index in [1.165, 1.54) is 44.5 Å². The third-order valence-electron chi connectivity index (χ3n) is 11.5. The molecule has 3 nitrogen and oxygen atoms in total. The third-order valence-corrected chi connectivity index (χ3v) is 11.5. The summed E-state index contributed by atoms with van der Waals surface area (Å²) in [5.74, 6) is 0. The van der Waals surface area contributed by atoms with Gasteiger partial charge in [0.15, 0.2) is 11.2 Å². The Morgan fingerprint density at radius 3 is 1.31 bits per heavy atom. The summed E-state index contributed by atoms with van der Waals surface area (Å²) in [5, 5.41) is 4.36. The minimum absolute atomic E-state index is 0.461. The molecule has 3 heteroatoms. The zero-order valence-electron chi connectivity index (χ0n) is 28.0. The van der Waals surface area contributed by atoms with Gasteiger partial charge < -0.3 is 13.7 Å². The molecule has 2 aliphatic rings. The normalized spacial score (nSPS) is 13.5. The lowest BCUT2D eigenvalue weighted by Gasteiger charge is -2.31. The van der Waals surface area contributed by atoms with E-state index in [0.29, 0.717) is 0 Å². The van der Waals surface area contributed by atoms with Crippen molar-refractivity contribution < 1.29 is 8.83 Å². The Morgan fingerprint density at radius 1 is 0.327 bits per heavy atom. The first-order valence-electron chi connectivity index (χ1n) is 17.9. The average molecular weight is 664 g/mol. The molecule has 2 aromatic heterocycles. The smallest absolute Gasteiger partial charge is 0.159 e. The molecule has 0 radical (unpaired) electrons. The number of fused-ring (bicyclic) bond motifs is 16. The highest BCUT2D eigenvalue weighted by Gasteiger charge is 2.52. The van der Waals surface area contributed by atoms with Gasteiger partial charge in [0, 0.05) is 27.1 Å². The van der Waals surface area contributed by atoms with Crippen molar-refractivity contribution >= 4 is 60.9 Å². The van der Waals surface area contributed by atoms with E-state index in [9.17, 15) is 0 Å². The zero-order chi connectivity index (χ0) is 34.0. The van der Waals surface area contributed by atoms with Gasteiger partial charge in [0.05, 0.1) is 22.5 Å². The molecular formula is C49H29NO2. The molecular weight excluding hydrogens is 635 g/mol. The number of para-hydroxylation sites is 4. The van der Waals surface area contributed by atoms with Gasteiger partial charge in [0.2, 0.25) is 0 Å². The number of hydrogen-bond acceptors (Lipinski definition) is 3. The zero-order valence-corrected chi connectivity index (χ0v) is 28.0. The number of furan rings is 2. The van der Waals surface area contributed by atoms with Gasteiger partial charge in [0.25, 0.3) is 0 Å². The predicted molar refractivity (Wildman–Crippen MR) is 212 cm³/mol. The lowest BCUT2D eigenvalue weighted by atomic mass is 9.70. The van der Waals surface area contributed by atoms with Crippen molar-refractivity contribution in [3.05, 3.63) is 198 Å². The maximum absolute atomic E-state index is 6.78. The molecule has 0 saturated heterocycles. The summed E-state index contributed by atoms with van der Waals surface area (Å²) in [7, 11) is 0. The molecule has 0 amide bonds. The van der Waals surface area contributed by atoms with Crippen LogP contribution < -0.4 is 4.90 Å². The second kappa shape index (κ2) is 10.1. The largest absolute Gasteiger partial charge is 0.454 e. The molecule has 2 aliphatic carbocycles. The van der Waals surface area contributed by atoms with Crippen LogP contribution in [0.4, 0.5) is 17.1 Å². The Bertz CT molecular complexity index is 2950. The van der Waals surface area contributed by atoms with E-state index in [2.05, 4.69) is 169 Å². The van der Waals surface area contributed by atoms with Gasteiger partial charge in [0.1, 0.15) is 11.2 Å². The maximum atomic E-state index is 6.78. The molecule has 0 N–H and O–H groups in total. The highest BCUT2D eigenvalue weighted by atomic mass is 16.3. The van der Waals surface area contributed by atoms with Crippen LogP contribution in [0.15, 0.2) is 185 Å². The number of benzene rings is 8. The Hall–Kier alpha value is -6.84. The molecule has 0 saturated carbocycles. The lowest BCUT2D eigenvalue weighted by molar-refractivity contribution is 0.666. The summed E-state index contributed by atoms with van der Waals surface area (Å²) in [4.78, 5) is 2.39. The quantitative estimate of drug-likeness (QED) is 0.188. The summed E-state index contributed by atoms with van der Waals surface area (Å²) in [6, 6.07) is 63.4. The fourth-order valence-corrected chi connectivity index (χ4v) is 9.52. The molecule has 2 heterocycles. The topological polar surface area (TPSA) is 29.5 Å². The van der Waals surface area contributed by atoms with Crippen LogP contribution in [0.5, 0.6) is 0 Å². The van der Waals surface area contributed by atoms with Gasteiger partial charge in [-0.15, -0.1) is 0 Å². The second-order valence-electron chi connectivity index (χ2n) is 13.9. The van der Waals surface area contributed by atoms with Crippen LogP contribution in [-0.4, -0.2) is 0 Å². The highest BCUT2D eigenvalue weighted by molar-refractivity contribution is 6.15. The van der Waals surface area contributed by atoms with E-state index in [0.717, 1.165) is 60.9 Å². The lowest BCUT2D eigenvalue weighted by Crippen LogP contribution is -2.26. The van der Waals surface area contributed by atoms with Crippen LogP contribution in [0.1, 0.15) is 22.3 Å². The van der Waals surface area contributed by atoms with Crippen LogP contribution >= 0.6 is 0 Å². The third kappa shape index (κ3) is 3.40. The minimum Gasteiger partial charge on any atom is -0.454 e. The Kier molecular flexibility index (Phi) is 5.43. The molecule has 0 unspecified atom stereocenters. The molecule has 0 bridgehead atoms. The molecule has 1 spiro atoms. The van der Waals surface area contributed by atoms with E-state index >= 15 is 0 Å². The standard InChI is InChI=1S/C49H29NO2/c1-6-21-37-30(14-1)31-15-2-7-22-38(31)49(37)39-23-8-3-18-36(39)46-40(49)24-13-25-41(46)50(42-26-11-19-34-32-16-4-9-28-44(32)51-47(34)42)43-27-12-20-35-33-17-5-10-29-45(33)52-48(35)43/h1-29H. The number of anilines is 3. The molecule has 10 aromatic rings. The van der Waals surface area contributed by atoms with Crippen molar-refractivity contribution in [2.24, 2.45) is 0 Å². The molecule has 52 heavy (non-hydrogen) atoms. The summed E-state index contributed by atoms with van der Waals surface area (Å²) in [5.41, 5.74) is 16.2. The molecule has 0 fully saturated rings. The number of hydrogen-bond donors (Lipinski definition) is 0. The fourth-order valence-electron chi connectivity index (χ4n) is 9.52.